The number of fused-ring (bicyclic) bond motifs is 1. The quantitative estimate of drug-likeness (QED) is 0.643. The van der Waals surface area contributed by atoms with Crippen LogP contribution in [0, 0.1) is 0 Å². The van der Waals surface area contributed by atoms with Gasteiger partial charge < -0.3 is 4.90 Å². The zero-order chi connectivity index (χ0) is 11.8. The summed E-state index contributed by atoms with van der Waals surface area (Å²) in [6.07, 6.45) is 4.46. The van der Waals surface area contributed by atoms with Gasteiger partial charge in [-0.05, 0) is 19.0 Å². The van der Waals surface area contributed by atoms with Gasteiger partial charge in [0.1, 0.15) is 0 Å². The molecule has 0 amide bonds. The predicted molar refractivity (Wildman–Crippen MR) is 60.0 cm³/mol. The van der Waals surface area contributed by atoms with Gasteiger partial charge in [0.25, 0.3) is 0 Å². The van der Waals surface area contributed by atoms with E-state index >= 15 is 0 Å². The first-order chi connectivity index (χ1) is 7.47. The molecule has 5 nitrogen and oxygen atoms in total. The zero-order valence-electron chi connectivity index (χ0n) is 9.47. The molecule has 1 aliphatic rings. The van der Waals surface area contributed by atoms with E-state index < -0.39 is 9.84 Å². The Kier molecular flexibility index (Phi) is 2.94. The highest BCUT2D eigenvalue weighted by Crippen LogP contribution is 2.14. The van der Waals surface area contributed by atoms with Gasteiger partial charge in [0.05, 0.1) is 0 Å². The molecule has 1 aliphatic heterocycles. The summed E-state index contributed by atoms with van der Waals surface area (Å²) in [6, 6.07) is 0. The Morgan fingerprint density at radius 1 is 1.31 bits per heavy atom. The molecule has 0 atom stereocenters. The predicted octanol–water partition coefficient (Wildman–Crippen LogP) is -0.0895. The third kappa shape index (κ3) is 2.38. The third-order valence-corrected chi connectivity index (χ3v) is 3.62. The Balaban J connectivity index is 2.40. The van der Waals surface area contributed by atoms with Crippen molar-refractivity contribution in [2.75, 3.05) is 26.4 Å². The number of sulfone groups is 1. The van der Waals surface area contributed by atoms with Gasteiger partial charge in [-0.1, -0.05) is 0 Å². The Morgan fingerprint density at radius 3 is 2.69 bits per heavy atom. The van der Waals surface area contributed by atoms with E-state index in [0.717, 1.165) is 43.4 Å². The third-order valence-electron chi connectivity index (χ3n) is 2.76. The highest BCUT2D eigenvalue weighted by atomic mass is 32.2. The maximum Gasteiger partial charge on any atom is 0.246 e. The molecule has 0 aliphatic carbocycles. The largest absolute Gasteiger partial charge is 0.306 e. The van der Waals surface area contributed by atoms with Crippen molar-refractivity contribution in [2.24, 2.45) is 0 Å². The van der Waals surface area contributed by atoms with E-state index in [0.29, 0.717) is 0 Å². The van der Waals surface area contributed by atoms with E-state index in [4.69, 9.17) is 0 Å². The van der Waals surface area contributed by atoms with Gasteiger partial charge in [-0.15, -0.1) is 0 Å². The van der Waals surface area contributed by atoms with E-state index in [9.17, 15) is 8.42 Å². The van der Waals surface area contributed by atoms with Crippen molar-refractivity contribution < 1.29 is 8.42 Å². The van der Waals surface area contributed by atoms with Crippen LogP contribution in [0.4, 0.5) is 0 Å². The number of hydrogen-bond donors (Lipinski definition) is 0. The van der Waals surface area contributed by atoms with Gasteiger partial charge in [0.2, 0.25) is 15.0 Å². The minimum atomic E-state index is -3.30. The Morgan fingerprint density at radius 2 is 2.00 bits per heavy atom. The molecule has 1 aromatic rings. The highest BCUT2D eigenvalue weighted by molar-refractivity contribution is 7.90. The molecule has 0 unspecified atom stereocenters. The standard InChI is InChI=1S/C10H15N3O2S/c1-13-5-3-8-7-11-10(16(2,14)15)12-9(8)4-6-13/h7H,3-6H2,1-2H3. The van der Waals surface area contributed by atoms with Crippen LogP contribution in [0.1, 0.15) is 11.3 Å². The molecule has 0 saturated heterocycles. The molecule has 0 fully saturated rings. The molecule has 2 rings (SSSR count). The molecule has 0 N–H and O–H groups in total. The van der Waals surface area contributed by atoms with Crippen LogP contribution >= 0.6 is 0 Å². The minimum absolute atomic E-state index is 0.0594. The fraction of sp³-hybridized carbons (Fsp3) is 0.600. The number of likely N-dealkylation sites (N-methyl/N-ethyl adjacent to an activating group) is 1. The second kappa shape index (κ2) is 4.10. The summed E-state index contributed by atoms with van der Waals surface area (Å²) in [6.45, 7) is 1.88. The second-order valence-corrected chi connectivity index (χ2v) is 6.11. The van der Waals surface area contributed by atoms with Crippen molar-refractivity contribution in [1.82, 2.24) is 14.9 Å². The van der Waals surface area contributed by atoms with Crippen LogP contribution in [0.5, 0.6) is 0 Å². The first kappa shape index (κ1) is 11.5. The molecule has 6 heteroatoms. The highest BCUT2D eigenvalue weighted by Gasteiger charge is 2.17. The molecular formula is C10H15N3O2S. The molecule has 0 radical (unpaired) electrons. The van der Waals surface area contributed by atoms with Gasteiger partial charge >= 0.3 is 0 Å². The molecule has 0 aromatic carbocycles. The van der Waals surface area contributed by atoms with Crippen LogP contribution in [0.3, 0.4) is 0 Å². The number of aromatic nitrogens is 2. The van der Waals surface area contributed by atoms with E-state index in [1.54, 1.807) is 6.20 Å². The summed E-state index contributed by atoms with van der Waals surface area (Å²) >= 11 is 0. The van der Waals surface area contributed by atoms with Crippen LogP contribution in [0.15, 0.2) is 11.4 Å². The monoisotopic (exact) mass is 241 g/mol. The van der Waals surface area contributed by atoms with Gasteiger partial charge in [0.15, 0.2) is 0 Å². The van der Waals surface area contributed by atoms with Crippen LogP contribution in [-0.4, -0.2) is 49.7 Å². The summed E-state index contributed by atoms with van der Waals surface area (Å²) in [4.78, 5) is 10.3. The zero-order valence-corrected chi connectivity index (χ0v) is 10.3. The SMILES string of the molecule is CN1CCc2cnc(S(C)(=O)=O)nc2CC1. The van der Waals surface area contributed by atoms with Crippen molar-refractivity contribution in [1.29, 1.82) is 0 Å². The molecule has 2 heterocycles. The van der Waals surface area contributed by atoms with Crippen molar-refractivity contribution in [3.05, 3.63) is 17.5 Å². The van der Waals surface area contributed by atoms with Gasteiger partial charge in [-0.2, -0.15) is 0 Å². The normalized spacial score (nSPS) is 17.9. The molecular weight excluding hydrogens is 226 g/mol. The fourth-order valence-electron chi connectivity index (χ4n) is 1.75. The summed E-state index contributed by atoms with van der Waals surface area (Å²) < 4.78 is 22.7. The van der Waals surface area contributed by atoms with Gasteiger partial charge in [-0.3, -0.25) is 0 Å². The lowest BCUT2D eigenvalue weighted by atomic mass is 10.1. The smallest absolute Gasteiger partial charge is 0.246 e. The minimum Gasteiger partial charge on any atom is -0.306 e. The molecule has 16 heavy (non-hydrogen) atoms. The van der Waals surface area contributed by atoms with Crippen molar-refractivity contribution >= 4 is 9.84 Å². The van der Waals surface area contributed by atoms with Gasteiger partial charge in [-0.25, -0.2) is 18.4 Å². The molecule has 0 saturated carbocycles. The van der Waals surface area contributed by atoms with E-state index in [-0.39, 0.29) is 5.16 Å². The number of nitrogens with zero attached hydrogens (tertiary/aromatic N) is 3. The Labute approximate surface area is 95.4 Å². The van der Waals surface area contributed by atoms with Crippen molar-refractivity contribution in [3.63, 3.8) is 0 Å². The van der Waals surface area contributed by atoms with E-state index in [2.05, 4.69) is 21.9 Å². The van der Waals surface area contributed by atoms with E-state index in [1.807, 2.05) is 0 Å². The maximum atomic E-state index is 11.3. The summed E-state index contributed by atoms with van der Waals surface area (Å²) in [5.41, 5.74) is 1.94. The lowest BCUT2D eigenvalue weighted by Gasteiger charge is -2.10. The second-order valence-electron chi connectivity index (χ2n) is 4.20. The lowest BCUT2D eigenvalue weighted by molar-refractivity contribution is 0.352. The molecule has 0 bridgehead atoms. The number of rotatable bonds is 1. The summed E-state index contributed by atoms with van der Waals surface area (Å²) in [5.74, 6) is 0. The topological polar surface area (TPSA) is 63.2 Å². The maximum absolute atomic E-state index is 11.3. The van der Waals surface area contributed by atoms with Crippen LogP contribution < -0.4 is 0 Å². The number of hydrogen-bond acceptors (Lipinski definition) is 5. The van der Waals surface area contributed by atoms with Crippen LogP contribution in [0.2, 0.25) is 0 Å². The van der Waals surface area contributed by atoms with Crippen molar-refractivity contribution in [3.8, 4) is 0 Å². The fourth-order valence-corrected chi connectivity index (χ4v) is 2.27. The molecule has 0 spiro atoms. The Hall–Kier alpha value is -1.01. The van der Waals surface area contributed by atoms with E-state index in [1.165, 1.54) is 0 Å². The van der Waals surface area contributed by atoms with Crippen molar-refractivity contribution in [2.45, 2.75) is 18.0 Å². The average molecular weight is 241 g/mol. The average Bonchev–Trinajstić information content (AvgIpc) is 2.39. The summed E-state index contributed by atoms with van der Waals surface area (Å²) in [7, 11) is -1.25. The van der Waals surface area contributed by atoms with Crippen LogP contribution in [0.25, 0.3) is 0 Å². The molecule has 88 valence electrons. The van der Waals surface area contributed by atoms with Gasteiger partial charge in [0, 0.05) is 37.7 Å². The first-order valence-corrected chi connectivity index (χ1v) is 7.09. The lowest BCUT2D eigenvalue weighted by Crippen LogP contribution is -2.20. The summed E-state index contributed by atoms with van der Waals surface area (Å²) in [5, 5.41) is -0.0594. The molecule has 1 aromatic heterocycles. The Bertz CT molecular complexity index is 499. The van der Waals surface area contributed by atoms with Crippen LogP contribution in [-0.2, 0) is 22.7 Å². The first-order valence-electron chi connectivity index (χ1n) is 5.20.